The van der Waals surface area contributed by atoms with Gasteiger partial charge in [-0.1, -0.05) is 6.07 Å². The molecule has 1 atom stereocenters. The van der Waals surface area contributed by atoms with Crippen LogP contribution in [0.3, 0.4) is 0 Å². The van der Waals surface area contributed by atoms with Gasteiger partial charge in [-0.05, 0) is 24.6 Å². The standard InChI is InChI=1S/C9H9F4N/c1-5(14)6-2-3-7(8(10)4-6)9(11,12)13/h2-5H,14H2,1H3/t5-/m0/s1. The minimum Gasteiger partial charge on any atom is -0.324 e. The van der Waals surface area contributed by atoms with Crippen LogP contribution in [0.15, 0.2) is 18.2 Å². The van der Waals surface area contributed by atoms with Crippen LogP contribution in [-0.2, 0) is 6.18 Å². The first-order chi connectivity index (χ1) is 6.32. The largest absolute Gasteiger partial charge is 0.419 e. The van der Waals surface area contributed by atoms with E-state index in [1.807, 2.05) is 0 Å². The molecule has 1 nitrogen and oxygen atoms in total. The van der Waals surface area contributed by atoms with Crippen molar-refractivity contribution in [1.82, 2.24) is 0 Å². The second kappa shape index (κ2) is 3.57. The van der Waals surface area contributed by atoms with Gasteiger partial charge in [0.25, 0.3) is 0 Å². The molecule has 0 unspecified atom stereocenters. The molecule has 14 heavy (non-hydrogen) atoms. The molecule has 0 fully saturated rings. The molecule has 78 valence electrons. The summed E-state index contributed by atoms with van der Waals surface area (Å²) in [5.41, 5.74) is 4.47. The average molecular weight is 207 g/mol. The summed E-state index contributed by atoms with van der Waals surface area (Å²) in [5, 5.41) is 0. The predicted octanol–water partition coefficient (Wildman–Crippen LogP) is 2.86. The summed E-state index contributed by atoms with van der Waals surface area (Å²) in [5.74, 6) is -1.28. The molecule has 0 saturated carbocycles. The van der Waals surface area contributed by atoms with Crippen molar-refractivity contribution in [3.8, 4) is 0 Å². The van der Waals surface area contributed by atoms with Crippen LogP contribution in [0.5, 0.6) is 0 Å². The van der Waals surface area contributed by atoms with Gasteiger partial charge in [-0.2, -0.15) is 13.2 Å². The number of benzene rings is 1. The fraction of sp³-hybridized carbons (Fsp3) is 0.333. The third-order valence-electron chi connectivity index (χ3n) is 1.82. The van der Waals surface area contributed by atoms with E-state index in [0.29, 0.717) is 11.6 Å². The molecule has 5 heteroatoms. The van der Waals surface area contributed by atoms with Gasteiger partial charge in [-0.25, -0.2) is 4.39 Å². The highest BCUT2D eigenvalue weighted by atomic mass is 19.4. The Morgan fingerprint density at radius 1 is 1.29 bits per heavy atom. The third kappa shape index (κ3) is 2.23. The quantitative estimate of drug-likeness (QED) is 0.704. The molecule has 0 spiro atoms. The minimum absolute atomic E-state index is 0.343. The normalized spacial score (nSPS) is 14.1. The van der Waals surface area contributed by atoms with Crippen molar-refractivity contribution in [2.45, 2.75) is 19.1 Å². The molecule has 0 aromatic heterocycles. The summed E-state index contributed by atoms with van der Waals surface area (Å²) in [7, 11) is 0. The molecule has 0 amide bonds. The zero-order valence-corrected chi connectivity index (χ0v) is 7.40. The van der Waals surface area contributed by atoms with Crippen LogP contribution in [0.25, 0.3) is 0 Å². The maximum Gasteiger partial charge on any atom is 0.419 e. The fourth-order valence-corrected chi connectivity index (χ4v) is 1.04. The van der Waals surface area contributed by atoms with Crippen molar-refractivity contribution in [3.63, 3.8) is 0 Å². The van der Waals surface area contributed by atoms with Crippen molar-refractivity contribution in [1.29, 1.82) is 0 Å². The lowest BCUT2D eigenvalue weighted by Crippen LogP contribution is -2.11. The van der Waals surface area contributed by atoms with Crippen LogP contribution in [0.2, 0.25) is 0 Å². The molecule has 0 aliphatic heterocycles. The van der Waals surface area contributed by atoms with E-state index in [4.69, 9.17) is 5.73 Å². The van der Waals surface area contributed by atoms with E-state index in [1.165, 1.54) is 6.07 Å². The Balaban J connectivity index is 3.15. The smallest absolute Gasteiger partial charge is 0.324 e. The number of alkyl halides is 3. The molecule has 0 bridgehead atoms. The molecule has 1 aromatic rings. The van der Waals surface area contributed by atoms with Gasteiger partial charge in [0.2, 0.25) is 0 Å². The summed E-state index contributed by atoms with van der Waals surface area (Å²) in [6, 6.07) is 2.21. The SMILES string of the molecule is C[C@H](N)c1ccc(C(F)(F)F)c(F)c1. The van der Waals surface area contributed by atoms with Gasteiger partial charge >= 0.3 is 6.18 Å². The van der Waals surface area contributed by atoms with Crippen molar-refractivity contribution >= 4 is 0 Å². The van der Waals surface area contributed by atoms with Gasteiger partial charge < -0.3 is 5.73 Å². The van der Waals surface area contributed by atoms with Crippen molar-refractivity contribution in [2.24, 2.45) is 5.73 Å². The monoisotopic (exact) mass is 207 g/mol. The van der Waals surface area contributed by atoms with Crippen LogP contribution in [0.1, 0.15) is 24.1 Å². The van der Waals surface area contributed by atoms with Gasteiger partial charge in [0.05, 0.1) is 5.56 Å². The van der Waals surface area contributed by atoms with E-state index in [9.17, 15) is 17.6 Å². The lowest BCUT2D eigenvalue weighted by atomic mass is 10.1. The summed E-state index contributed by atoms with van der Waals surface area (Å²) in [4.78, 5) is 0. The van der Waals surface area contributed by atoms with Gasteiger partial charge in [0.15, 0.2) is 0 Å². The highest BCUT2D eigenvalue weighted by Crippen LogP contribution is 2.32. The van der Waals surface area contributed by atoms with Gasteiger partial charge in [-0.15, -0.1) is 0 Å². The van der Waals surface area contributed by atoms with Gasteiger partial charge in [0, 0.05) is 6.04 Å². The molecular weight excluding hydrogens is 198 g/mol. The number of nitrogens with two attached hydrogens (primary N) is 1. The molecule has 0 radical (unpaired) electrons. The summed E-state index contributed by atoms with van der Waals surface area (Å²) < 4.78 is 49.3. The first kappa shape index (κ1) is 11.0. The van der Waals surface area contributed by atoms with Crippen molar-refractivity contribution in [3.05, 3.63) is 35.1 Å². The Labute approximate surface area is 78.5 Å². The average Bonchev–Trinajstić information content (AvgIpc) is 2.01. The first-order valence-corrected chi connectivity index (χ1v) is 3.94. The van der Waals surface area contributed by atoms with Crippen LogP contribution in [0.4, 0.5) is 17.6 Å². The van der Waals surface area contributed by atoms with Crippen LogP contribution >= 0.6 is 0 Å². The van der Waals surface area contributed by atoms with Crippen molar-refractivity contribution < 1.29 is 17.6 Å². The van der Waals surface area contributed by atoms with E-state index >= 15 is 0 Å². The third-order valence-corrected chi connectivity index (χ3v) is 1.82. The fourth-order valence-electron chi connectivity index (χ4n) is 1.04. The van der Waals surface area contributed by atoms with E-state index in [0.717, 1.165) is 6.07 Å². The second-order valence-corrected chi connectivity index (χ2v) is 3.03. The lowest BCUT2D eigenvalue weighted by Gasteiger charge is -2.10. The maximum atomic E-state index is 12.9. The zero-order valence-electron chi connectivity index (χ0n) is 7.40. The Morgan fingerprint density at radius 2 is 1.86 bits per heavy atom. The van der Waals surface area contributed by atoms with Crippen LogP contribution in [-0.4, -0.2) is 0 Å². The summed E-state index contributed by atoms with van der Waals surface area (Å²) >= 11 is 0. The van der Waals surface area contributed by atoms with Gasteiger partial charge in [0.1, 0.15) is 5.82 Å². The Bertz CT molecular complexity index is 330. The second-order valence-electron chi connectivity index (χ2n) is 3.03. The molecule has 1 aromatic carbocycles. The molecule has 0 saturated heterocycles. The van der Waals surface area contributed by atoms with E-state index in [2.05, 4.69) is 0 Å². The number of hydrogen-bond acceptors (Lipinski definition) is 1. The van der Waals surface area contributed by atoms with Crippen molar-refractivity contribution in [2.75, 3.05) is 0 Å². The lowest BCUT2D eigenvalue weighted by molar-refractivity contribution is -0.140. The molecule has 1 rings (SSSR count). The summed E-state index contributed by atoms with van der Waals surface area (Å²) in [6.45, 7) is 1.57. The molecular formula is C9H9F4N. The summed E-state index contributed by atoms with van der Waals surface area (Å²) in [6.07, 6.45) is -4.65. The molecule has 0 heterocycles. The highest BCUT2D eigenvalue weighted by Gasteiger charge is 2.33. The topological polar surface area (TPSA) is 26.0 Å². The molecule has 0 aliphatic rings. The van der Waals surface area contributed by atoms with Gasteiger partial charge in [-0.3, -0.25) is 0 Å². The molecule has 2 N–H and O–H groups in total. The van der Waals surface area contributed by atoms with E-state index in [-0.39, 0.29) is 0 Å². The Morgan fingerprint density at radius 3 is 2.21 bits per heavy atom. The van der Waals surface area contributed by atoms with Crippen LogP contribution < -0.4 is 5.73 Å². The maximum absolute atomic E-state index is 12.9. The van der Waals surface area contributed by atoms with E-state index in [1.54, 1.807) is 6.92 Å². The number of rotatable bonds is 1. The Kier molecular flexibility index (Phi) is 2.80. The number of halogens is 4. The Hall–Kier alpha value is -1.10. The molecule has 0 aliphatic carbocycles. The zero-order chi connectivity index (χ0) is 10.9. The minimum atomic E-state index is -4.65. The number of hydrogen-bond donors (Lipinski definition) is 1. The van der Waals surface area contributed by atoms with E-state index < -0.39 is 23.6 Å². The highest BCUT2D eigenvalue weighted by molar-refractivity contribution is 5.28. The van der Waals surface area contributed by atoms with Crippen LogP contribution in [0, 0.1) is 5.82 Å². The first-order valence-electron chi connectivity index (χ1n) is 3.94. The predicted molar refractivity (Wildman–Crippen MR) is 44.0 cm³/mol.